The van der Waals surface area contributed by atoms with Crippen LogP contribution in [0.3, 0.4) is 0 Å². The molecule has 0 radical (unpaired) electrons. The van der Waals surface area contributed by atoms with Crippen LogP contribution >= 0.6 is 15.9 Å². The van der Waals surface area contributed by atoms with Gasteiger partial charge in [0.1, 0.15) is 11.6 Å². The van der Waals surface area contributed by atoms with Gasteiger partial charge in [-0.15, -0.1) is 0 Å². The topological polar surface area (TPSA) is 74.7 Å². The van der Waals surface area contributed by atoms with Crippen LogP contribution in [0.4, 0.5) is 0 Å². The highest BCUT2D eigenvalue weighted by Crippen LogP contribution is 2.34. The van der Waals surface area contributed by atoms with Crippen LogP contribution in [0.15, 0.2) is 59.3 Å². The van der Waals surface area contributed by atoms with Crippen molar-refractivity contribution in [2.45, 2.75) is 0 Å². The molecule has 25 heavy (non-hydrogen) atoms. The molecule has 0 amide bonds. The first-order valence-corrected chi connectivity index (χ1v) is 8.52. The number of halogens is 1. The Bertz CT molecular complexity index is 1210. The van der Waals surface area contributed by atoms with E-state index in [2.05, 4.69) is 30.9 Å². The van der Waals surface area contributed by atoms with Crippen molar-refractivity contribution in [1.29, 1.82) is 0 Å². The number of H-pyrrole nitrogens is 1. The summed E-state index contributed by atoms with van der Waals surface area (Å²) in [6.07, 6.45) is 3.55. The molecule has 0 aliphatic heterocycles. The summed E-state index contributed by atoms with van der Waals surface area (Å²) in [6.45, 7) is 0. The molecule has 3 aromatic heterocycles. The van der Waals surface area contributed by atoms with Crippen LogP contribution in [0.1, 0.15) is 0 Å². The van der Waals surface area contributed by atoms with Crippen molar-refractivity contribution >= 4 is 48.8 Å². The molecule has 0 unspecified atom stereocenters. The van der Waals surface area contributed by atoms with E-state index in [-0.39, 0.29) is 5.75 Å². The summed E-state index contributed by atoms with van der Waals surface area (Å²) < 4.78 is 0.628. The Morgan fingerprint density at radius 1 is 0.880 bits per heavy atom. The Hall–Kier alpha value is -2.99. The largest absolute Gasteiger partial charge is 0.507 e. The molecule has 0 aliphatic rings. The fraction of sp³-hybridized carbons (Fsp3) is 0. The zero-order chi connectivity index (χ0) is 17.0. The molecule has 5 rings (SSSR count). The van der Waals surface area contributed by atoms with Crippen molar-refractivity contribution in [2.24, 2.45) is 0 Å². The first kappa shape index (κ1) is 14.4. The number of hydrogen-bond acceptors (Lipinski definition) is 4. The van der Waals surface area contributed by atoms with Gasteiger partial charge in [0, 0.05) is 28.7 Å². The number of benzene rings is 2. The molecule has 0 bridgehead atoms. The highest BCUT2D eigenvalue weighted by atomic mass is 79.9. The molecule has 5 nitrogen and oxygen atoms in total. The number of imidazole rings is 1. The third-order valence-corrected chi connectivity index (χ3v) is 4.92. The van der Waals surface area contributed by atoms with Gasteiger partial charge in [-0.2, -0.15) is 0 Å². The number of aromatic nitrogens is 4. The summed E-state index contributed by atoms with van der Waals surface area (Å²) in [5.74, 6) is 0.932. The number of nitrogens with one attached hydrogen (secondary N) is 1. The van der Waals surface area contributed by atoms with E-state index in [4.69, 9.17) is 4.98 Å². The van der Waals surface area contributed by atoms with Crippen molar-refractivity contribution in [2.75, 3.05) is 0 Å². The Morgan fingerprint density at radius 3 is 2.36 bits per heavy atom. The number of phenols is 1. The quantitative estimate of drug-likeness (QED) is 0.403. The first-order valence-electron chi connectivity index (χ1n) is 7.72. The van der Waals surface area contributed by atoms with Gasteiger partial charge in [-0.25, -0.2) is 4.98 Å². The number of rotatable bonds is 1. The van der Waals surface area contributed by atoms with Crippen molar-refractivity contribution in [3.8, 4) is 17.1 Å². The number of nitrogens with zero attached hydrogens (tertiary/aromatic N) is 3. The Kier molecular flexibility index (Phi) is 3.02. The number of aromatic hydroxyl groups is 1. The molecule has 3 heterocycles. The normalized spacial score (nSPS) is 11.6. The van der Waals surface area contributed by atoms with Crippen LogP contribution in [0.5, 0.6) is 5.75 Å². The lowest BCUT2D eigenvalue weighted by atomic mass is 10.1. The zero-order valence-electron chi connectivity index (χ0n) is 12.9. The first-order chi connectivity index (χ1) is 12.2. The third kappa shape index (κ3) is 2.11. The molecule has 0 spiro atoms. The maximum absolute atomic E-state index is 9.72. The molecule has 0 fully saturated rings. The van der Waals surface area contributed by atoms with Crippen LogP contribution in [0, 0.1) is 0 Å². The maximum atomic E-state index is 9.72. The van der Waals surface area contributed by atoms with E-state index in [0.29, 0.717) is 4.47 Å². The van der Waals surface area contributed by atoms with Crippen LogP contribution < -0.4 is 0 Å². The van der Waals surface area contributed by atoms with E-state index in [1.807, 2.05) is 36.4 Å². The van der Waals surface area contributed by atoms with Gasteiger partial charge in [0.15, 0.2) is 0 Å². The van der Waals surface area contributed by atoms with Crippen LogP contribution in [0.25, 0.3) is 44.2 Å². The van der Waals surface area contributed by atoms with Gasteiger partial charge in [-0.1, -0.05) is 0 Å². The summed E-state index contributed by atoms with van der Waals surface area (Å²) in [7, 11) is 0. The van der Waals surface area contributed by atoms with Gasteiger partial charge in [0.05, 0.1) is 26.5 Å². The Morgan fingerprint density at radius 2 is 1.60 bits per heavy atom. The predicted molar refractivity (Wildman–Crippen MR) is 101 cm³/mol. The minimum Gasteiger partial charge on any atom is -0.507 e. The zero-order valence-corrected chi connectivity index (χ0v) is 14.4. The van der Waals surface area contributed by atoms with Crippen molar-refractivity contribution in [3.63, 3.8) is 0 Å². The van der Waals surface area contributed by atoms with Crippen molar-refractivity contribution in [1.82, 2.24) is 19.9 Å². The highest BCUT2D eigenvalue weighted by Gasteiger charge is 2.15. The molecule has 0 atom stereocenters. The van der Waals surface area contributed by atoms with Gasteiger partial charge in [0.2, 0.25) is 0 Å². The number of aromatic amines is 1. The lowest BCUT2D eigenvalue weighted by molar-refractivity contribution is 0.472. The molecular weight excluding hydrogens is 380 g/mol. The van der Waals surface area contributed by atoms with E-state index in [0.717, 1.165) is 44.2 Å². The molecule has 5 aromatic rings. The minimum absolute atomic E-state index is 0.198. The van der Waals surface area contributed by atoms with E-state index in [1.165, 1.54) is 0 Å². The van der Waals surface area contributed by atoms with Gasteiger partial charge in [-0.05, 0) is 58.4 Å². The summed E-state index contributed by atoms with van der Waals surface area (Å²) >= 11 is 3.36. The smallest absolute Gasteiger partial charge is 0.138 e. The van der Waals surface area contributed by atoms with E-state index < -0.39 is 0 Å². The number of fused-ring (bicyclic) bond motifs is 6. The van der Waals surface area contributed by atoms with E-state index >= 15 is 0 Å². The van der Waals surface area contributed by atoms with Gasteiger partial charge in [-0.3, -0.25) is 9.97 Å². The monoisotopic (exact) mass is 390 g/mol. The van der Waals surface area contributed by atoms with Crippen LogP contribution in [-0.2, 0) is 0 Å². The lowest BCUT2D eigenvalue weighted by Gasteiger charge is -2.03. The number of pyridine rings is 2. The Balaban J connectivity index is 1.92. The summed E-state index contributed by atoms with van der Waals surface area (Å²) in [5, 5.41) is 11.7. The number of hydrogen-bond donors (Lipinski definition) is 2. The molecule has 120 valence electrons. The van der Waals surface area contributed by atoms with Gasteiger partial charge < -0.3 is 10.1 Å². The SMILES string of the molecule is Oc1ccc(-c2nc3c4cccnc4c4ncccc4c3[nH]2)cc1Br. The lowest BCUT2D eigenvalue weighted by Crippen LogP contribution is -1.86. The number of phenolic OH excluding ortho intramolecular Hbond substituents is 1. The fourth-order valence-electron chi connectivity index (χ4n) is 3.13. The average molecular weight is 391 g/mol. The third-order valence-electron chi connectivity index (χ3n) is 4.29. The molecule has 0 aliphatic carbocycles. The second-order valence-corrected chi connectivity index (χ2v) is 6.63. The molecule has 2 aromatic carbocycles. The minimum atomic E-state index is 0.198. The van der Waals surface area contributed by atoms with E-state index in [1.54, 1.807) is 18.5 Å². The predicted octanol–water partition coefficient (Wildman–Crippen LogP) is 4.79. The van der Waals surface area contributed by atoms with Gasteiger partial charge >= 0.3 is 0 Å². The maximum Gasteiger partial charge on any atom is 0.138 e. The molecule has 0 saturated carbocycles. The van der Waals surface area contributed by atoms with Crippen LogP contribution in [0.2, 0.25) is 0 Å². The van der Waals surface area contributed by atoms with Gasteiger partial charge in [0.25, 0.3) is 0 Å². The molecule has 2 N–H and O–H groups in total. The Labute approximate surface area is 150 Å². The highest BCUT2D eigenvalue weighted by molar-refractivity contribution is 9.10. The van der Waals surface area contributed by atoms with E-state index in [9.17, 15) is 5.11 Å². The summed E-state index contributed by atoms with van der Waals surface area (Å²) in [6, 6.07) is 13.2. The van der Waals surface area contributed by atoms with Crippen molar-refractivity contribution < 1.29 is 5.11 Å². The summed E-state index contributed by atoms with van der Waals surface area (Å²) in [4.78, 5) is 17.2. The standard InChI is InChI=1S/C19H11BrN4O/c20-13-9-10(5-6-14(13)25)19-23-17-11-3-1-7-21-15(11)16-12(18(17)24-19)4-2-8-22-16/h1-9,25H,(H,23,24). The molecule has 0 saturated heterocycles. The fourth-order valence-corrected chi connectivity index (χ4v) is 3.51. The summed E-state index contributed by atoms with van der Waals surface area (Å²) in [5.41, 5.74) is 4.38. The molecule has 6 heteroatoms. The second kappa shape index (κ2) is 5.26. The van der Waals surface area contributed by atoms with Crippen molar-refractivity contribution in [3.05, 3.63) is 59.3 Å². The van der Waals surface area contributed by atoms with Crippen LogP contribution in [-0.4, -0.2) is 25.0 Å². The molecular formula is C19H11BrN4O. The second-order valence-electron chi connectivity index (χ2n) is 5.77. The average Bonchev–Trinajstić information content (AvgIpc) is 3.10.